The van der Waals surface area contributed by atoms with Gasteiger partial charge in [-0.3, -0.25) is 9.97 Å². The second kappa shape index (κ2) is 6.70. The van der Waals surface area contributed by atoms with Gasteiger partial charge in [-0.25, -0.2) is 4.79 Å². The first-order chi connectivity index (χ1) is 11.2. The van der Waals surface area contributed by atoms with E-state index in [4.69, 9.17) is 0 Å². The number of benzene rings is 1. The van der Waals surface area contributed by atoms with E-state index in [0.29, 0.717) is 5.69 Å². The molecule has 0 saturated carbocycles. The third-order valence-electron chi connectivity index (χ3n) is 3.39. The van der Waals surface area contributed by atoms with Crippen molar-refractivity contribution >= 4 is 17.4 Å². The minimum absolute atomic E-state index is 0.294. The van der Waals surface area contributed by atoms with E-state index in [9.17, 15) is 4.79 Å². The standard InChI is InChI=1S/C18H16N4O/c1-13-4-2-3-5-16(13)22-18(23)21-15-6-7-17(20-12-15)14-8-10-19-11-9-14/h2-12H,1H3,(H2,21,22,23). The predicted molar refractivity (Wildman–Crippen MR) is 91.3 cm³/mol. The van der Waals surface area contributed by atoms with Crippen LogP contribution in [0.15, 0.2) is 67.1 Å². The summed E-state index contributed by atoms with van der Waals surface area (Å²) in [7, 11) is 0. The zero-order chi connectivity index (χ0) is 16.1. The Hall–Kier alpha value is -3.21. The maximum atomic E-state index is 12.0. The molecular weight excluding hydrogens is 288 g/mol. The topological polar surface area (TPSA) is 66.9 Å². The number of anilines is 2. The summed E-state index contributed by atoms with van der Waals surface area (Å²) in [5.41, 5.74) is 4.24. The second-order valence-electron chi connectivity index (χ2n) is 5.06. The van der Waals surface area contributed by atoms with Crippen molar-refractivity contribution in [2.45, 2.75) is 6.92 Å². The van der Waals surface area contributed by atoms with Gasteiger partial charge in [0.15, 0.2) is 0 Å². The number of urea groups is 1. The van der Waals surface area contributed by atoms with Crippen molar-refractivity contribution in [3.63, 3.8) is 0 Å². The van der Waals surface area contributed by atoms with Gasteiger partial charge in [-0.1, -0.05) is 18.2 Å². The van der Waals surface area contributed by atoms with Crippen molar-refractivity contribution in [1.82, 2.24) is 9.97 Å². The van der Waals surface area contributed by atoms with Gasteiger partial charge >= 0.3 is 6.03 Å². The van der Waals surface area contributed by atoms with Crippen molar-refractivity contribution in [3.8, 4) is 11.3 Å². The molecule has 5 heteroatoms. The summed E-state index contributed by atoms with van der Waals surface area (Å²) in [6, 6.07) is 14.8. The Morgan fingerprint density at radius 1 is 0.957 bits per heavy atom. The minimum atomic E-state index is -0.294. The number of hydrogen-bond donors (Lipinski definition) is 2. The van der Waals surface area contributed by atoms with Gasteiger partial charge in [0.2, 0.25) is 0 Å². The lowest BCUT2D eigenvalue weighted by Crippen LogP contribution is -2.20. The summed E-state index contributed by atoms with van der Waals surface area (Å²) < 4.78 is 0. The van der Waals surface area contributed by atoms with Crippen LogP contribution in [0.5, 0.6) is 0 Å². The number of aromatic nitrogens is 2. The first kappa shape index (κ1) is 14.7. The van der Waals surface area contributed by atoms with Crippen LogP contribution in [-0.2, 0) is 0 Å². The zero-order valence-electron chi connectivity index (χ0n) is 12.7. The number of para-hydroxylation sites is 1. The normalized spacial score (nSPS) is 10.1. The van der Waals surface area contributed by atoms with Crippen LogP contribution in [0.4, 0.5) is 16.2 Å². The minimum Gasteiger partial charge on any atom is -0.307 e. The van der Waals surface area contributed by atoms with Gasteiger partial charge in [-0.05, 0) is 42.8 Å². The Labute approximate surface area is 134 Å². The molecule has 3 aromatic rings. The van der Waals surface area contributed by atoms with E-state index in [-0.39, 0.29) is 6.03 Å². The number of amides is 2. The molecule has 3 rings (SSSR count). The smallest absolute Gasteiger partial charge is 0.307 e. The Bertz CT molecular complexity index is 801. The van der Waals surface area contributed by atoms with E-state index in [1.165, 1.54) is 0 Å². The highest BCUT2D eigenvalue weighted by Crippen LogP contribution is 2.18. The van der Waals surface area contributed by atoms with Crippen LogP contribution in [0.1, 0.15) is 5.56 Å². The van der Waals surface area contributed by atoms with E-state index in [2.05, 4.69) is 20.6 Å². The molecule has 0 unspecified atom stereocenters. The molecule has 2 aromatic heterocycles. The predicted octanol–water partition coefficient (Wildman–Crippen LogP) is 4.10. The maximum absolute atomic E-state index is 12.0. The largest absolute Gasteiger partial charge is 0.323 e. The van der Waals surface area contributed by atoms with Crippen LogP contribution in [-0.4, -0.2) is 16.0 Å². The van der Waals surface area contributed by atoms with Crippen LogP contribution in [0.2, 0.25) is 0 Å². The van der Waals surface area contributed by atoms with Crippen LogP contribution in [0.3, 0.4) is 0 Å². The van der Waals surface area contributed by atoms with Crippen molar-refractivity contribution in [1.29, 1.82) is 0 Å². The lowest BCUT2D eigenvalue weighted by molar-refractivity contribution is 0.262. The molecule has 0 aliphatic rings. The Balaban J connectivity index is 1.66. The molecule has 2 N–H and O–H groups in total. The Kier molecular flexibility index (Phi) is 4.29. The molecule has 23 heavy (non-hydrogen) atoms. The molecule has 5 nitrogen and oxygen atoms in total. The molecule has 2 amide bonds. The molecule has 0 atom stereocenters. The van der Waals surface area contributed by atoms with E-state index >= 15 is 0 Å². The van der Waals surface area contributed by atoms with Gasteiger partial charge in [-0.2, -0.15) is 0 Å². The maximum Gasteiger partial charge on any atom is 0.323 e. The molecule has 0 radical (unpaired) electrons. The summed E-state index contributed by atoms with van der Waals surface area (Å²) in [5, 5.41) is 5.59. The fraction of sp³-hybridized carbons (Fsp3) is 0.0556. The average Bonchev–Trinajstić information content (AvgIpc) is 2.58. The van der Waals surface area contributed by atoms with Crippen LogP contribution in [0.25, 0.3) is 11.3 Å². The number of rotatable bonds is 3. The average molecular weight is 304 g/mol. The van der Waals surface area contributed by atoms with E-state index in [1.54, 1.807) is 18.6 Å². The number of aryl methyl sites for hydroxylation is 1. The number of nitrogens with one attached hydrogen (secondary N) is 2. The highest BCUT2D eigenvalue weighted by atomic mass is 16.2. The molecular formula is C18H16N4O. The molecule has 0 aliphatic heterocycles. The fourth-order valence-electron chi connectivity index (χ4n) is 2.16. The third kappa shape index (κ3) is 3.71. The third-order valence-corrected chi connectivity index (χ3v) is 3.39. The highest BCUT2D eigenvalue weighted by molar-refractivity contribution is 6.00. The first-order valence-corrected chi connectivity index (χ1v) is 7.22. The van der Waals surface area contributed by atoms with Gasteiger partial charge < -0.3 is 10.6 Å². The summed E-state index contributed by atoms with van der Waals surface area (Å²) in [6.45, 7) is 1.95. The molecule has 0 spiro atoms. The summed E-state index contributed by atoms with van der Waals surface area (Å²) in [4.78, 5) is 20.4. The van der Waals surface area contributed by atoms with Gasteiger partial charge in [0.1, 0.15) is 0 Å². The van der Waals surface area contributed by atoms with Gasteiger partial charge in [-0.15, -0.1) is 0 Å². The van der Waals surface area contributed by atoms with Crippen LogP contribution >= 0.6 is 0 Å². The number of nitrogens with zero attached hydrogens (tertiary/aromatic N) is 2. The van der Waals surface area contributed by atoms with E-state index < -0.39 is 0 Å². The van der Waals surface area contributed by atoms with E-state index in [1.807, 2.05) is 55.5 Å². The van der Waals surface area contributed by atoms with E-state index in [0.717, 1.165) is 22.5 Å². The molecule has 2 heterocycles. The van der Waals surface area contributed by atoms with Crippen molar-refractivity contribution in [3.05, 3.63) is 72.7 Å². The summed E-state index contributed by atoms with van der Waals surface area (Å²) in [5.74, 6) is 0. The highest BCUT2D eigenvalue weighted by Gasteiger charge is 2.05. The Morgan fingerprint density at radius 3 is 2.43 bits per heavy atom. The molecule has 0 bridgehead atoms. The number of pyridine rings is 2. The van der Waals surface area contributed by atoms with Gasteiger partial charge in [0.25, 0.3) is 0 Å². The molecule has 114 valence electrons. The first-order valence-electron chi connectivity index (χ1n) is 7.22. The van der Waals surface area contributed by atoms with Crippen LogP contribution in [0, 0.1) is 6.92 Å². The number of carbonyl (C=O) groups excluding carboxylic acids is 1. The lowest BCUT2D eigenvalue weighted by Gasteiger charge is -2.10. The molecule has 0 fully saturated rings. The quantitative estimate of drug-likeness (QED) is 0.765. The molecule has 1 aromatic carbocycles. The molecule has 0 aliphatic carbocycles. The summed E-state index contributed by atoms with van der Waals surface area (Å²) >= 11 is 0. The SMILES string of the molecule is Cc1ccccc1NC(=O)Nc1ccc(-c2ccncc2)nc1. The fourth-order valence-corrected chi connectivity index (χ4v) is 2.16. The van der Waals surface area contributed by atoms with Crippen molar-refractivity contribution in [2.75, 3.05) is 10.6 Å². The van der Waals surface area contributed by atoms with Crippen molar-refractivity contribution in [2.24, 2.45) is 0 Å². The lowest BCUT2D eigenvalue weighted by atomic mass is 10.2. The van der Waals surface area contributed by atoms with Gasteiger partial charge in [0, 0.05) is 23.6 Å². The second-order valence-corrected chi connectivity index (χ2v) is 5.06. The van der Waals surface area contributed by atoms with Gasteiger partial charge in [0.05, 0.1) is 17.6 Å². The monoisotopic (exact) mass is 304 g/mol. The molecule has 0 saturated heterocycles. The number of hydrogen-bond acceptors (Lipinski definition) is 3. The zero-order valence-corrected chi connectivity index (χ0v) is 12.7. The number of carbonyl (C=O) groups is 1. The Morgan fingerprint density at radius 2 is 1.74 bits per heavy atom. The summed E-state index contributed by atoms with van der Waals surface area (Å²) in [6.07, 6.45) is 5.07. The van der Waals surface area contributed by atoms with Crippen molar-refractivity contribution < 1.29 is 4.79 Å². The van der Waals surface area contributed by atoms with Crippen LogP contribution < -0.4 is 10.6 Å².